The van der Waals surface area contributed by atoms with E-state index in [1.165, 1.54) is 50.0 Å². The maximum absolute atomic E-state index is 15.2. The highest BCUT2D eigenvalue weighted by Gasteiger charge is 2.29. The molecule has 3 aromatic rings. The van der Waals surface area contributed by atoms with Gasteiger partial charge in [-0.15, -0.1) is 0 Å². The Bertz CT molecular complexity index is 1170. The maximum atomic E-state index is 15.2. The zero-order valence-corrected chi connectivity index (χ0v) is 18.2. The summed E-state index contributed by atoms with van der Waals surface area (Å²) in [6.45, 7) is 0.899. The van der Waals surface area contributed by atoms with Gasteiger partial charge in [0, 0.05) is 42.3 Å². The number of hydrogen-bond acceptors (Lipinski definition) is 6. The van der Waals surface area contributed by atoms with Gasteiger partial charge in [0.15, 0.2) is 0 Å². The number of benzene rings is 1. The van der Waals surface area contributed by atoms with Crippen LogP contribution in [0.1, 0.15) is 18.4 Å². The van der Waals surface area contributed by atoms with E-state index in [1.807, 2.05) is 0 Å². The molecule has 0 aliphatic heterocycles. The molecule has 31 heavy (non-hydrogen) atoms. The standard InChI is InChI=1S/C22H24FN3O4S/c1-24-11-16-13-26(31(27,28)18-4-3-9-25-12-18)21(22(16)29-2)19-8-7-17(10-20(19)23)30-14-15-5-6-15/h3-4,7-10,12-13,15,24H,5-6,11,14H2,1-2H3. The van der Waals surface area contributed by atoms with E-state index in [0.717, 1.165) is 16.8 Å². The Labute approximate surface area is 180 Å². The number of pyridine rings is 1. The van der Waals surface area contributed by atoms with Crippen LogP contribution < -0.4 is 14.8 Å². The summed E-state index contributed by atoms with van der Waals surface area (Å²) in [5.41, 5.74) is 0.800. The number of ether oxygens (including phenoxy) is 2. The molecule has 1 saturated carbocycles. The van der Waals surface area contributed by atoms with E-state index in [0.29, 0.717) is 30.4 Å². The molecule has 0 bridgehead atoms. The molecule has 0 unspecified atom stereocenters. The molecule has 7 nitrogen and oxygen atoms in total. The van der Waals surface area contributed by atoms with Crippen molar-refractivity contribution >= 4 is 10.0 Å². The van der Waals surface area contributed by atoms with Crippen molar-refractivity contribution in [2.75, 3.05) is 20.8 Å². The number of aromatic nitrogens is 2. The summed E-state index contributed by atoms with van der Waals surface area (Å²) < 4.78 is 54.2. The van der Waals surface area contributed by atoms with E-state index in [9.17, 15) is 8.42 Å². The smallest absolute Gasteiger partial charge is 0.269 e. The van der Waals surface area contributed by atoms with Crippen LogP contribution in [0.5, 0.6) is 11.5 Å². The Morgan fingerprint density at radius 1 is 1.29 bits per heavy atom. The Hall–Kier alpha value is -2.91. The first-order valence-corrected chi connectivity index (χ1v) is 11.4. The molecule has 0 radical (unpaired) electrons. The Morgan fingerprint density at radius 2 is 2.10 bits per heavy atom. The van der Waals surface area contributed by atoms with Gasteiger partial charge in [-0.25, -0.2) is 16.8 Å². The summed E-state index contributed by atoms with van der Waals surface area (Å²) in [4.78, 5) is 3.90. The fourth-order valence-electron chi connectivity index (χ4n) is 3.38. The number of hydrogen-bond donors (Lipinski definition) is 1. The molecule has 4 rings (SSSR count). The third-order valence-corrected chi connectivity index (χ3v) is 6.78. The van der Waals surface area contributed by atoms with Gasteiger partial charge in [-0.3, -0.25) is 4.98 Å². The summed E-state index contributed by atoms with van der Waals surface area (Å²) in [6.07, 6.45) is 6.46. The number of nitrogens with one attached hydrogen (secondary N) is 1. The van der Waals surface area contributed by atoms with E-state index < -0.39 is 15.8 Å². The lowest BCUT2D eigenvalue weighted by molar-refractivity contribution is 0.298. The minimum Gasteiger partial charge on any atom is -0.494 e. The molecule has 1 aromatic carbocycles. The molecular weight excluding hydrogens is 421 g/mol. The van der Waals surface area contributed by atoms with Crippen molar-refractivity contribution in [3.63, 3.8) is 0 Å². The summed E-state index contributed by atoms with van der Waals surface area (Å²) in [5.74, 6) is 0.639. The van der Waals surface area contributed by atoms with E-state index in [2.05, 4.69) is 10.3 Å². The molecular formula is C22H24FN3O4S. The second kappa shape index (κ2) is 8.68. The van der Waals surface area contributed by atoms with Crippen LogP contribution in [0, 0.1) is 11.7 Å². The number of halogens is 1. The van der Waals surface area contributed by atoms with Crippen LogP contribution in [0.3, 0.4) is 0 Å². The number of methoxy groups -OCH3 is 1. The van der Waals surface area contributed by atoms with Crippen LogP contribution in [-0.4, -0.2) is 38.1 Å². The predicted molar refractivity (Wildman–Crippen MR) is 114 cm³/mol. The summed E-state index contributed by atoms with van der Waals surface area (Å²) in [7, 11) is -0.870. The summed E-state index contributed by atoms with van der Waals surface area (Å²) in [6, 6.07) is 7.43. The second-order valence-electron chi connectivity index (χ2n) is 7.45. The quantitative estimate of drug-likeness (QED) is 0.543. The molecule has 0 saturated heterocycles. The van der Waals surface area contributed by atoms with Gasteiger partial charge < -0.3 is 14.8 Å². The van der Waals surface area contributed by atoms with Crippen molar-refractivity contribution in [1.29, 1.82) is 0 Å². The van der Waals surface area contributed by atoms with Gasteiger partial charge in [0.2, 0.25) is 0 Å². The first-order valence-electron chi connectivity index (χ1n) is 9.96. The van der Waals surface area contributed by atoms with E-state index in [4.69, 9.17) is 9.47 Å². The van der Waals surface area contributed by atoms with Crippen LogP contribution in [-0.2, 0) is 16.6 Å². The first kappa shape index (κ1) is 21.3. The summed E-state index contributed by atoms with van der Waals surface area (Å²) in [5, 5.41) is 2.98. The normalized spacial score (nSPS) is 13.9. The monoisotopic (exact) mass is 445 g/mol. The lowest BCUT2D eigenvalue weighted by Gasteiger charge is -2.14. The topological polar surface area (TPSA) is 82.5 Å². The van der Waals surface area contributed by atoms with E-state index >= 15 is 4.39 Å². The van der Waals surface area contributed by atoms with Crippen molar-refractivity contribution in [2.45, 2.75) is 24.3 Å². The Kier molecular flexibility index (Phi) is 5.97. The first-order chi connectivity index (χ1) is 15.0. The molecule has 0 spiro atoms. The Balaban J connectivity index is 1.84. The van der Waals surface area contributed by atoms with E-state index in [1.54, 1.807) is 13.1 Å². The van der Waals surface area contributed by atoms with Crippen molar-refractivity contribution in [1.82, 2.24) is 14.3 Å². The van der Waals surface area contributed by atoms with Crippen LogP contribution in [0.15, 0.2) is 53.8 Å². The van der Waals surface area contributed by atoms with Gasteiger partial charge in [0.1, 0.15) is 27.9 Å². The third kappa shape index (κ3) is 4.28. The van der Waals surface area contributed by atoms with Crippen molar-refractivity contribution in [3.05, 3.63) is 60.3 Å². The van der Waals surface area contributed by atoms with Gasteiger partial charge in [-0.05, 0) is 50.1 Å². The van der Waals surface area contributed by atoms with E-state index in [-0.39, 0.29) is 21.9 Å². The molecule has 164 valence electrons. The lowest BCUT2D eigenvalue weighted by atomic mass is 10.1. The Morgan fingerprint density at radius 3 is 2.71 bits per heavy atom. The van der Waals surface area contributed by atoms with Gasteiger partial charge in [0.25, 0.3) is 10.0 Å². The molecule has 2 aromatic heterocycles. The fraction of sp³-hybridized carbons (Fsp3) is 0.318. The molecule has 1 fully saturated rings. The van der Waals surface area contributed by atoms with Crippen LogP contribution in [0.25, 0.3) is 11.3 Å². The third-order valence-electron chi connectivity index (χ3n) is 5.14. The lowest BCUT2D eigenvalue weighted by Crippen LogP contribution is -2.14. The molecule has 1 N–H and O–H groups in total. The molecule has 1 aliphatic rings. The van der Waals surface area contributed by atoms with Gasteiger partial charge in [0.05, 0.1) is 13.7 Å². The predicted octanol–water partition coefficient (Wildman–Crippen LogP) is 3.44. The number of nitrogens with zero attached hydrogens (tertiary/aromatic N) is 2. The average Bonchev–Trinajstić information content (AvgIpc) is 3.53. The van der Waals surface area contributed by atoms with Crippen LogP contribution in [0.4, 0.5) is 4.39 Å². The van der Waals surface area contributed by atoms with Crippen molar-refractivity contribution < 1.29 is 22.3 Å². The van der Waals surface area contributed by atoms with Gasteiger partial charge in [-0.1, -0.05) is 0 Å². The summed E-state index contributed by atoms with van der Waals surface area (Å²) >= 11 is 0. The zero-order chi connectivity index (χ0) is 22.0. The van der Waals surface area contributed by atoms with Crippen LogP contribution >= 0.6 is 0 Å². The average molecular weight is 446 g/mol. The van der Waals surface area contributed by atoms with Gasteiger partial charge in [-0.2, -0.15) is 0 Å². The van der Waals surface area contributed by atoms with Crippen molar-refractivity contribution in [2.24, 2.45) is 5.92 Å². The largest absolute Gasteiger partial charge is 0.494 e. The minimum absolute atomic E-state index is 0.00490. The highest BCUT2D eigenvalue weighted by Crippen LogP contribution is 2.40. The van der Waals surface area contributed by atoms with Crippen LogP contribution in [0.2, 0.25) is 0 Å². The van der Waals surface area contributed by atoms with Crippen molar-refractivity contribution in [3.8, 4) is 22.8 Å². The SMILES string of the molecule is CNCc1cn(S(=O)(=O)c2cccnc2)c(-c2ccc(OCC3CC3)cc2F)c1OC. The maximum Gasteiger partial charge on any atom is 0.269 e. The minimum atomic E-state index is -4.04. The fourth-order valence-corrected chi connectivity index (χ4v) is 4.74. The zero-order valence-electron chi connectivity index (χ0n) is 17.3. The number of rotatable bonds is 9. The highest BCUT2D eigenvalue weighted by molar-refractivity contribution is 7.90. The molecule has 0 amide bonds. The molecule has 2 heterocycles. The second-order valence-corrected chi connectivity index (χ2v) is 9.27. The molecule has 9 heteroatoms. The highest BCUT2D eigenvalue weighted by atomic mass is 32.2. The molecule has 1 aliphatic carbocycles. The molecule has 0 atom stereocenters. The van der Waals surface area contributed by atoms with Gasteiger partial charge >= 0.3 is 0 Å².